The van der Waals surface area contributed by atoms with Gasteiger partial charge in [0.05, 0.1) is 6.54 Å². The minimum atomic E-state index is -0.311. The van der Waals surface area contributed by atoms with Crippen molar-refractivity contribution in [1.29, 1.82) is 0 Å². The maximum absolute atomic E-state index is 12.8. The van der Waals surface area contributed by atoms with E-state index >= 15 is 0 Å². The minimum absolute atomic E-state index is 0.0172. The van der Waals surface area contributed by atoms with Crippen molar-refractivity contribution in [3.8, 4) is 0 Å². The minimum Gasteiger partial charge on any atom is -0.350 e. The molecule has 0 spiro atoms. The van der Waals surface area contributed by atoms with Gasteiger partial charge in [0.2, 0.25) is 11.8 Å². The highest BCUT2D eigenvalue weighted by Gasteiger charge is 2.13. The van der Waals surface area contributed by atoms with Gasteiger partial charge in [0.15, 0.2) is 0 Å². The molecule has 0 atom stereocenters. The predicted molar refractivity (Wildman–Crippen MR) is 90.6 cm³/mol. The summed E-state index contributed by atoms with van der Waals surface area (Å²) in [6.07, 6.45) is 0.700. The van der Waals surface area contributed by atoms with Crippen molar-refractivity contribution in [3.05, 3.63) is 71.5 Å². The number of rotatable bonds is 7. The van der Waals surface area contributed by atoms with Crippen LogP contribution in [0.3, 0.4) is 0 Å². The monoisotopic (exact) mass is 328 g/mol. The summed E-state index contributed by atoms with van der Waals surface area (Å²) in [4.78, 5) is 25.3. The van der Waals surface area contributed by atoms with Crippen LogP contribution in [-0.2, 0) is 22.6 Å². The molecule has 0 unspecified atom stereocenters. The lowest BCUT2D eigenvalue weighted by Gasteiger charge is -2.20. The molecule has 0 aromatic heterocycles. The molecule has 0 aliphatic heterocycles. The molecule has 0 radical (unpaired) electrons. The van der Waals surface area contributed by atoms with Crippen LogP contribution in [0.25, 0.3) is 0 Å². The van der Waals surface area contributed by atoms with E-state index in [0.717, 1.165) is 11.1 Å². The molecule has 5 heteroatoms. The topological polar surface area (TPSA) is 49.4 Å². The Bertz CT molecular complexity index is 672. The van der Waals surface area contributed by atoms with Gasteiger partial charge < -0.3 is 10.2 Å². The lowest BCUT2D eigenvalue weighted by atomic mass is 10.1. The number of benzene rings is 2. The fraction of sp³-hybridized carbons (Fsp3) is 0.263. The summed E-state index contributed by atoms with van der Waals surface area (Å²) in [6, 6.07) is 15.8. The van der Waals surface area contributed by atoms with Crippen molar-refractivity contribution in [2.75, 3.05) is 13.1 Å². The molecule has 2 amide bonds. The third-order valence-electron chi connectivity index (χ3n) is 3.70. The first kappa shape index (κ1) is 17.7. The molecule has 2 rings (SSSR count). The Morgan fingerprint density at radius 2 is 1.67 bits per heavy atom. The molecule has 2 aromatic carbocycles. The SMILES string of the molecule is CC(=O)N(CCc1ccccc1)CC(=O)NCc1ccc(F)cc1. The van der Waals surface area contributed by atoms with E-state index in [4.69, 9.17) is 0 Å². The van der Waals surface area contributed by atoms with E-state index in [9.17, 15) is 14.0 Å². The van der Waals surface area contributed by atoms with Gasteiger partial charge in [0, 0.05) is 20.0 Å². The summed E-state index contributed by atoms with van der Waals surface area (Å²) in [5.41, 5.74) is 1.93. The summed E-state index contributed by atoms with van der Waals surface area (Å²) >= 11 is 0. The average Bonchev–Trinajstić information content (AvgIpc) is 2.58. The molecular weight excluding hydrogens is 307 g/mol. The van der Waals surface area contributed by atoms with Crippen LogP contribution in [0.2, 0.25) is 0 Å². The van der Waals surface area contributed by atoms with Gasteiger partial charge in [0.1, 0.15) is 5.82 Å². The van der Waals surface area contributed by atoms with E-state index in [-0.39, 0.29) is 24.2 Å². The van der Waals surface area contributed by atoms with E-state index in [2.05, 4.69) is 5.32 Å². The van der Waals surface area contributed by atoms with Gasteiger partial charge in [-0.1, -0.05) is 42.5 Å². The molecule has 126 valence electrons. The second-order valence-electron chi connectivity index (χ2n) is 5.58. The van der Waals surface area contributed by atoms with E-state index in [1.165, 1.54) is 24.0 Å². The van der Waals surface area contributed by atoms with Crippen LogP contribution in [-0.4, -0.2) is 29.8 Å². The highest BCUT2D eigenvalue weighted by atomic mass is 19.1. The fourth-order valence-corrected chi connectivity index (χ4v) is 2.29. The maximum atomic E-state index is 12.8. The van der Waals surface area contributed by atoms with E-state index < -0.39 is 0 Å². The van der Waals surface area contributed by atoms with Crippen LogP contribution in [0.5, 0.6) is 0 Å². The zero-order valence-corrected chi connectivity index (χ0v) is 13.7. The van der Waals surface area contributed by atoms with Crippen LogP contribution < -0.4 is 5.32 Å². The van der Waals surface area contributed by atoms with Crippen molar-refractivity contribution in [1.82, 2.24) is 10.2 Å². The highest BCUT2D eigenvalue weighted by Crippen LogP contribution is 2.03. The van der Waals surface area contributed by atoms with Gasteiger partial charge in [-0.05, 0) is 29.7 Å². The van der Waals surface area contributed by atoms with Crippen LogP contribution in [0.15, 0.2) is 54.6 Å². The fourth-order valence-electron chi connectivity index (χ4n) is 2.29. The first-order valence-electron chi connectivity index (χ1n) is 7.85. The van der Waals surface area contributed by atoms with Crippen molar-refractivity contribution in [3.63, 3.8) is 0 Å². The molecule has 0 aliphatic carbocycles. The molecule has 0 aliphatic rings. The molecule has 4 nitrogen and oxygen atoms in total. The number of hydrogen-bond acceptors (Lipinski definition) is 2. The zero-order chi connectivity index (χ0) is 17.4. The van der Waals surface area contributed by atoms with Gasteiger partial charge in [0.25, 0.3) is 0 Å². The summed E-state index contributed by atoms with van der Waals surface area (Å²) in [5, 5.41) is 2.75. The molecule has 24 heavy (non-hydrogen) atoms. The molecule has 0 heterocycles. The Kier molecular flexibility index (Phi) is 6.49. The number of halogens is 1. The van der Waals surface area contributed by atoms with Crippen LogP contribution in [0, 0.1) is 5.82 Å². The Balaban J connectivity index is 1.82. The van der Waals surface area contributed by atoms with Crippen molar-refractivity contribution in [2.24, 2.45) is 0 Å². The van der Waals surface area contributed by atoms with Crippen LogP contribution in [0.1, 0.15) is 18.1 Å². The summed E-state index contributed by atoms with van der Waals surface area (Å²) in [6.45, 7) is 2.27. The van der Waals surface area contributed by atoms with Crippen LogP contribution in [0.4, 0.5) is 4.39 Å². The van der Waals surface area contributed by atoms with Gasteiger partial charge in [-0.15, -0.1) is 0 Å². The van der Waals surface area contributed by atoms with E-state index in [1.54, 1.807) is 12.1 Å². The zero-order valence-electron chi connectivity index (χ0n) is 13.7. The number of hydrogen-bond donors (Lipinski definition) is 1. The summed E-state index contributed by atoms with van der Waals surface area (Å²) < 4.78 is 12.8. The summed E-state index contributed by atoms with van der Waals surface area (Å²) in [5.74, 6) is -0.681. The van der Waals surface area contributed by atoms with Gasteiger partial charge in [-0.3, -0.25) is 9.59 Å². The first-order valence-corrected chi connectivity index (χ1v) is 7.85. The molecule has 0 saturated carbocycles. The quantitative estimate of drug-likeness (QED) is 0.849. The smallest absolute Gasteiger partial charge is 0.239 e. The molecule has 0 bridgehead atoms. The Labute approximate surface area is 141 Å². The van der Waals surface area contributed by atoms with Gasteiger partial charge >= 0.3 is 0 Å². The maximum Gasteiger partial charge on any atom is 0.239 e. The van der Waals surface area contributed by atoms with E-state index in [1.807, 2.05) is 30.3 Å². The Morgan fingerprint density at radius 3 is 2.29 bits per heavy atom. The molecule has 0 saturated heterocycles. The first-order chi connectivity index (χ1) is 11.5. The molecular formula is C19H21FN2O2. The molecule has 2 aromatic rings. The molecule has 0 fully saturated rings. The largest absolute Gasteiger partial charge is 0.350 e. The van der Waals surface area contributed by atoms with Crippen molar-refractivity contribution < 1.29 is 14.0 Å². The van der Waals surface area contributed by atoms with E-state index in [0.29, 0.717) is 19.5 Å². The average molecular weight is 328 g/mol. The van der Waals surface area contributed by atoms with Crippen LogP contribution >= 0.6 is 0 Å². The number of nitrogens with zero attached hydrogens (tertiary/aromatic N) is 1. The summed E-state index contributed by atoms with van der Waals surface area (Å²) in [7, 11) is 0. The number of amides is 2. The van der Waals surface area contributed by atoms with Gasteiger partial charge in [-0.2, -0.15) is 0 Å². The third kappa shape index (κ3) is 5.83. The van der Waals surface area contributed by atoms with Gasteiger partial charge in [-0.25, -0.2) is 4.39 Å². The number of carbonyl (C=O) groups excluding carboxylic acids is 2. The lowest BCUT2D eigenvalue weighted by molar-refractivity contribution is -0.134. The van der Waals surface area contributed by atoms with Crippen molar-refractivity contribution >= 4 is 11.8 Å². The number of carbonyl (C=O) groups is 2. The second kappa shape index (κ2) is 8.82. The number of nitrogens with one attached hydrogen (secondary N) is 1. The Hall–Kier alpha value is -2.69. The second-order valence-corrected chi connectivity index (χ2v) is 5.58. The Morgan fingerprint density at radius 1 is 1.00 bits per heavy atom. The third-order valence-corrected chi connectivity index (χ3v) is 3.70. The predicted octanol–water partition coefficient (Wildman–Crippen LogP) is 2.53. The highest BCUT2D eigenvalue weighted by molar-refractivity contribution is 5.83. The lowest BCUT2D eigenvalue weighted by Crippen LogP contribution is -2.40. The normalized spacial score (nSPS) is 10.2. The molecule has 1 N–H and O–H groups in total. The standard InChI is InChI=1S/C19H21FN2O2/c1-15(23)22(12-11-16-5-3-2-4-6-16)14-19(24)21-13-17-7-9-18(20)10-8-17/h2-10H,11-14H2,1H3,(H,21,24). The van der Waals surface area contributed by atoms with Crippen molar-refractivity contribution in [2.45, 2.75) is 19.9 Å².